The summed E-state index contributed by atoms with van der Waals surface area (Å²) < 4.78 is 31.0. The average molecular weight is 326 g/mol. The Balaban J connectivity index is 1.98. The van der Waals surface area contributed by atoms with Crippen LogP contribution in [-0.4, -0.2) is 21.5 Å². The minimum atomic E-state index is -2.89. The fourth-order valence-corrected chi connectivity index (χ4v) is 2.02. The molecule has 0 saturated heterocycles. The number of rotatable bonds is 5. The van der Waals surface area contributed by atoms with E-state index in [0.29, 0.717) is 17.3 Å². The van der Waals surface area contributed by atoms with E-state index >= 15 is 0 Å². The Morgan fingerprint density at radius 1 is 1.45 bits per heavy atom. The predicted molar refractivity (Wildman–Crippen MR) is 84.1 cm³/mol. The maximum absolute atomic E-state index is 12.4. The lowest BCUT2D eigenvalue weighted by atomic mass is 10.2. The van der Waals surface area contributed by atoms with Crippen LogP contribution in [0.2, 0.25) is 0 Å². The van der Waals surface area contributed by atoms with Gasteiger partial charge in [0.1, 0.15) is 5.75 Å². The molecule has 2 N–H and O–H groups in total. The molecule has 1 aromatic carbocycles. The van der Waals surface area contributed by atoms with Crippen molar-refractivity contribution in [3.63, 3.8) is 0 Å². The number of nitrogens with zero attached hydrogens (tertiary/aromatic N) is 2. The van der Waals surface area contributed by atoms with E-state index in [4.69, 9.17) is 12.2 Å². The maximum atomic E-state index is 12.4. The van der Waals surface area contributed by atoms with Crippen molar-refractivity contribution in [2.75, 3.05) is 5.32 Å². The van der Waals surface area contributed by atoms with Gasteiger partial charge in [-0.2, -0.15) is 13.9 Å². The second kappa shape index (κ2) is 7.17. The molecule has 0 amide bonds. The molecule has 2 rings (SSSR count). The largest absolute Gasteiger partial charge is 0.433 e. The van der Waals surface area contributed by atoms with Crippen LogP contribution >= 0.6 is 12.2 Å². The number of benzene rings is 1. The molecule has 1 heterocycles. The summed E-state index contributed by atoms with van der Waals surface area (Å²) in [6, 6.07) is 4.95. The van der Waals surface area contributed by atoms with Gasteiger partial charge in [0.15, 0.2) is 5.11 Å². The van der Waals surface area contributed by atoms with E-state index in [9.17, 15) is 8.78 Å². The summed E-state index contributed by atoms with van der Waals surface area (Å²) in [5.41, 5.74) is 2.16. The Kier molecular flexibility index (Phi) is 5.26. The van der Waals surface area contributed by atoms with Crippen LogP contribution in [0.4, 0.5) is 14.5 Å². The Morgan fingerprint density at radius 3 is 2.86 bits per heavy atom. The molecule has 0 aliphatic heterocycles. The smallest absolute Gasteiger partial charge is 0.387 e. The third-order valence-electron chi connectivity index (χ3n) is 2.81. The van der Waals surface area contributed by atoms with Crippen LogP contribution in [0.5, 0.6) is 5.75 Å². The normalized spacial score (nSPS) is 10.6. The van der Waals surface area contributed by atoms with Crippen LogP contribution in [0.1, 0.15) is 11.1 Å². The summed E-state index contributed by atoms with van der Waals surface area (Å²) in [5, 5.41) is 10.2. The molecular weight excluding hydrogens is 310 g/mol. The van der Waals surface area contributed by atoms with E-state index in [1.807, 2.05) is 13.2 Å². The van der Waals surface area contributed by atoms with Crippen molar-refractivity contribution >= 4 is 23.0 Å². The van der Waals surface area contributed by atoms with Gasteiger partial charge in [0.05, 0.1) is 11.9 Å². The molecule has 0 radical (unpaired) electrons. The zero-order chi connectivity index (χ0) is 16.1. The van der Waals surface area contributed by atoms with Gasteiger partial charge in [0, 0.05) is 25.4 Å². The Morgan fingerprint density at radius 2 is 2.23 bits per heavy atom. The van der Waals surface area contributed by atoms with E-state index < -0.39 is 6.61 Å². The average Bonchev–Trinajstić information content (AvgIpc) is 2.85. The van der Waals surface area contributed by atoms with Gasteiger partial charge in [0.25, 0.3) is 0 Å². The van der Waals surface area contributed by atoms with Crippen molar-refractivity contribution in [2.24, 2.45) is 7.05 Å². The Hall–Kier alpha value is -2.22. The highest BCUT2D eigenvalue weighted by Crippen LogP contribution is 2.27. The van der Waals surface area contributed by atoms with Gasteiger partial charge in [-0.3, -0.25) is 4.68 Å². The SMILES string of the molecule is Cc1ccc(NC(=S)NCc2cnn(C)c2)c(OC(F)F)c1. The molecular formula is C14H16F2N4OS. The van der Waals surface area contributed by atoms with Gasteiger partial charge < -0.3 is 15.4 Å². The van der Waals surface area contributed by atoms with Crippen molar-refractivity contribution in [3.05, 3.63) is 41.7 Å². The number of nitrogens with one attached hydrogen (secondary N) is 2. The third-order valence-corrected chi connectivity index (χ3v) is 3.06. The van der Waals surface area contributed by atoms with Gasteiger partial charge in [-0.15, -0.1) is 0 Å². The van der Waals surface area contributed by atoms with Crippen molar-refractivity contribution < 1.29 is 13.5 Å². The highest BCUT2D eigenvalue weighted by Gasteiger charge is 2.11. The first-order chi connectivity index (χ1) is 10.4. The summed E-state index contributed by atoms with van der Waals surface area (Å²) in [7, 11) is 1.82. The van der Waals surface area contributed by atoms with E-state index in [0.717, 1.165) is 11.1 Å². The molecule has 0 aliphatic rings. The number of alkyl halides is 2. The van der Waals surface area contributed by atoms with Crippen molar-refractivity contribution in [1.29, 1.82) is 0 Å². The molecule has 0 atom stereocenters. The van der Waals surface area contributed by atoms with Crippen molar-refractivity contribution in [1.82, 2.24) is 15.1 Å². The molecule has 0 fully saturated rings. The Bertz CT molecular complexity index is 660. The highest BCUT2D eigenvalue weighted by molar-refractivity contribution is 7.80. The molecule has 0 aliphatic carbocycles. The lowest BCUT2D eigenvalue weighted by Crippen LogP contribution is -2.28. The monoisotopic (exact) mass is 326 g/mol. The number of halogens is 2. The fourth-order valence-electron chi connectivity index (χ4n) is 1.84. The number of ether oxygens (including phenoxy) is 1. The summed E-state index contributed by atoms with van der Waals surface area (Å²) in [6.07, 6.45) is 3.57. The van der Waals surface area contributed by atoms with Crippen LogP contribution in [0.3, 0.4) is 0 Å². The summed E-state index contributed by atoms with van der Waals surface area (Å²) >= 11 is 5.16. The lowest BCUT2D eigenvalue weighted by molar-refractivity contribution is -0.0493. The molecule has 0 unspecified atom stereocenters. The first-order valence-electron chi connectivity index (χ1n) is 6.52. The van der Waals surface area contributed by atoms with E-state index in [1.165, 1.54) is 6.07 Å². The lowest BCUT2D eigenvalue weighted by Gasteiger charge is -2.14. The molecule has 2 aromatic rings. The van der Waals surface area contributed by atoms with Crippen molar-refractivity contribution in [3.8, 4) is 5.75 Å². The first-order valence-corrected chi connectivity index (χ1v) is 6.92. The molecule has 1 aromatic heterocycles. The number of anilines is 1. The second-order valence-corrected chi connectivity index (χ2v) is 5.12. The number of hydrogen-bond donors (Lipinski definition) is 2. The molecule has 0 bridgehead atoms. The molecule has 22 heavy (non-hydrogen) atoms. The molecule has 8 heteroatoms. The quantitative estimate of drug-likeness (QED) is 0.828. The van der Waals surface area contributed by atoms with E-state index in [1.54, 1.807) is 29.9 Å². The molecule has 0 saturated carbocycles. The molecule has 5 nitrogen and oxygen atoms in total. The number of aryl methyl sites for hydroxylation is 2. The maximum Gasteiger partial charge on any atom is 0.387 e. The van der Waals surface area contributed by atoms with Crippen LogP contribution in [-0.2, 0) is 13.6 Å². The van der Waals surface area contributed by atoms with Gasteiger partial charge >= 0.3 is 6.61 Å². The Labute approximate surface area is 132 Å². The second-order valence-electron chi connectivity index (χ2n) is 4.71. The molecule has 0 spiro atoms. The number of aromatic nitrogens is 2. The third kappa shape index (κ3) is 4.66. The zero-order valence-electron chi connectivity index (χ0n) is 12.1. The van der Waals surface area contributed by atoms with Gasteiger partial charge in [-0.05, 0) is 36.8 Å². The molecule has 118 valence electrons. The predicted octanol–water partition coefficient (Wildman–Crippen LogP) is 2.82. The summed E-state index contributed by atoms with van der Waals surface area (Å²) in [5.74, 6) is 0.0560. The van der Waals surface area contributed by atoms with Crippen LogP contribution in [0.25, 0.3) is 0 Å². The minimum Gasteiger partial charge on any atom is -0.433 e. The van der Waals surface area contributed by atoms with Crippen LogP contribution < -0.4 is 15.4 Å². The standard InChI is InChI=1S/C14H16F2N4OS/c1-9-3-4-11(12(5-9)21-13(15)16)19-14(22)17-6-10-7-18-20(2)8-10/h3-5,7-8,13H,6H2,1-2H3,(H2,17,19,22). The highest BCUT2D eigenvalue weighted by atomic mass is 32.1. The van der Waals surface area contributed by atoms with Crippen LogP contribution in [0.15, 0.2) is 30.6 Å². The van der Waals surface area contributed by atoms with Gasteiger partial charge in [0.2, 0.25) is 0 Å². The van der Waals surface area contributed by atoms with Gasteiger partial charge in [-0.25, -0.2) is 0 Å². The zero-order valence-corrected chi connectivity index (χ0v) is 13.0. The van der Waals surface area contributed by atoms with E-state index in [-0.39, 0.29) is 5.75 Å². The topological polar surface area (TPSA) is 51.1 Å². The van der Waals surface area contributed by atoms with Crippen LogP contribution in [0, 0.1) is 6.92 Å². The fraction of sp³-hybridized carbons (Fsp3) is 0.286. The van der Waals surface area contributed by atoms with E-state index in [2.05, 4.69) is 20.5 Å². The summed E-state index contributed by atoms with van der Waals surface area (Å²) in [6.45, 7) is -0.614. The minimum absolute atomic E-state index is 0.0560. The van der Waals surface area contributed by atoms with Crippen molar-refractivity contribution in [2.45, 2.75) is 20.1 Å². The number of hydrogen-bond acceptors (Lipinski definition) is 3. The number of thiocarbonyl (C=S) groups is 1. The first kappa shape index (κ1) is 16.2. The van der Waals surface area contributed by atoms with Gasteiger partial charge in [-0.1, -0.05) is 6.07 Å². The summed E-state index contributed by atoms with van der Waals surface area (Å²) in [4.78, 5) is 0.